The summed E-state index contributed by atoms with van der Waals surface area (Å²) in [5.74, 6) is -0.138. The average molecular weight is 329 g/mol. The van der Waals surface area contributed by atoms with Crippen molar-refractivity contribution in [3.63, 3.8) is 0 Å². The van der Waals surface area contributed by atoms with E-state index >= 15 is 0 Å². The predicted molar refractivity (Wildman–Crippen MR) is 90.9 cm³/mol. The zero-order chi connectivity index (χ0) is 17.7. The van der Waals surface area contributed by atoms with E-state index in [0.29, 0.717) is 30.8 Å². The van der Waals surface area contributed by atoms with E-state index in [0.717, 1.165) is 5.56 Å². The Morgan fingerprint density at radius 3 is 2.54 bits per heavy atom. The maximum absolute atomic E-state index is 13.1. The van der Waals surface area contributed by atoms with Crippen molar-refractivity contribution in [3.8, 4) is 5.69 Å². The van der Waals surface area contributed by atoms with Gasteiger partial charge in [0.05, 0.1) is 23.6 Å². The number of rotatable bonds is 7. The number of aryl methyl sites for hydroxylation is 1. The standard InChI is InChI=1S/C17H23N5O2/c1-12-4-5-16(22-19-7-8-20-22)15(10-12)17(24)21(9-6-18)13(2)11-14(3)23/h4-5,7-8,10,13H,6,9,11,18H2,1-3H3. The van der Waals surface area contributed by atoms with Crippen molar-refractivity contribution in [1.29, 1.82) is 0 Å². The van der Waals surface area contributed by atoms with Crippen molar-refractivity contribution in [2.45, 2.75) is 33.2 Å². The predicted octanol–water partition coefficient (Wildman–Crippen LogP) is 1.34. The van der Waals surface area contributed by atoms with Crippen LogP contribution in [0, 0.1) is 6.92 Å². The van der Waals surface area contributed by atoms with E-state index in [9.17, 15) is 9.59 Å². The number of aromatic nitrogens is 3. The Balaban J connectivity index is 2.42. The number of carbonyl (C=O) groups is 2. The van der Waals surface area contributed by atoms with Gasteiger partial charge in [0.15, 0.2) is 0 Å². The highest BCUT2D eigenvalue weighted by Crippen LogP contribution is 2.19. The van der Waals surface area contributed by atoms with Crippen LogP contribution in [0.2, 0.25) is 0 Å². The summed E-state index contributed by atoms with van der Waals surface area (Å²) < 4.78 is 0. The smallest absolute Gasteiger partial charge is 0.256 e. The highest BCUT2D eigenvalue weighted by molar-refractivity contribution is 5.98. The molecule has 1 aromatic carbocycles. The third-order valence-electron chi connectivity index (χ3n) is 3.76. The van der Waals surface area contributed by atoms with E-state index in [1.54, 1.807) is 17.3 Å². The molecule has 24 heavy (non-hydrogen) atoms. The Morgan fingerprint density at radius 1 is 1.29 bits per heavy atom. The minimum Gasteiger partial charge on any atom is -0.334 e. The Kier molecular flexibility index (Phi) is 5.81. The van der Waals surface area contributed by atoms with Gasteiger partial charge < -0.3 is 10.6 Å². The number of nitrogens with two attached hydrogens (primary N) is 1. The van der Waals surface area contributed by atoms with Crippen LogP contribution in [-0.2, 0) is 4.79 Å². The van der Waals surface area contributed by atoms with Gasteiger partial charge in [-0.3, -0.25) is 9.59 Å². The molecule has 1 aromatic heterocycles. The average Bonchev–Trinajstić information content (AvgIpc) is 3.05. The minimum absolute atomic E-state index is 0.0375. The lowest BCUT2D eigenvalue weighted by Gasteiger charge is -2.29. The lowest BCUT2D eigenvalue weighted by Crippen LogP contribution is -2.43. The number of nitrogens with zero attached hydrogens (tertiary/aromatic N) is 4. The van der Waals surface area contributed by atoms with Gasteiger partial charge in [0.1, 0.15) is 5.78 Å². The van der Waals surface area contributed by atoms with Crippen LogP contribution in [0.5, 0.6) is 0 Å². The molecule has 0 spiro atoms. The first-order valence-corrected chi connectivity index (χ1v) is 7.92. The quantitative estimate of drug-likeness (QED) is 0.827. The second kappa shape index (κ2) is 7.83. The zero-order valence-electron chi connectivity index (χ0n) is 14.3. The van der Waals surface area contributed by atoms with Gasteiger partial charge in [0, 0.05) is 25.6 Å². The molecule has 0 aliphatic rings. The largest absolute Gasteiger partial charge is 0.334 e. The van der Waals surface area contributed by atoms with Gasteiger partial charge in [-0.25, -0.2) is 0 Å². The second-order valence-corrected chi connectivity index (χ2v) is 5.88. The molecule has 7 heteroatoms. The molecule has 0 aliphatic heterocycles. The molecule has 0 saturated heterocycles. The highest BCUT2D eigenvalue weighted by atomic mass is 16.2. The Bertz CT molecular complexity index is 712. The second-order valence-electron chi connectivity index (χ2n) is 5.88. The normalized spacial score (nSPS) is 12.0. The number of ketones is 1. The van der Waals surface area contributed by atoms with Gasteiger partial charge in [0.2, 0.25) is 0 Å². The van der Waals surface area contributed by atoms with E-state index in [1.165, 1.54) is 11.7 Å². The maximum atomic E-state index is 13.1. The van der Waals surface area contributed by atoms with E-state index in [4.69, 9.17) is 5.73 Å². The monoisotopic (exact) mass is 329 g/mol. The Labute approximate surface area is 141 Å². The lowest BCUT2D eigenvalue weighted by molar-refractivity contribution is -0.117. The van der Waals surface area contributed by atoms with Crippen molar-refractivity contribution < 1.29 is 9.59 Å². The van der Waals surface area contributed by atoms with Crippen LogP contribution in [-0.4, -0.2) is 50.7 Å². The number of Topliss-reactive ketones (excluding diaryl/α,β-unsaturated/α-hetero) is 1. The summed E-state index contributed by atoms with van der Waals surface area (Å²) in [7, 11) is 0. The van der Waals surface area contributed by atoms with Gasteiger partial charge in [-0.15, -0.1) is 0 Å². The summed E-state index contributed by atoms with van der Waals surface area (Å²) >= 11 is 0. The van der Waals surface area contributed by atoms with E-state index < -0.39 is 0 Å². The molecule has 1 amide bonds. The third-order valence-corrected chi connectivity index (χ3v) is 3.76. The van der Waals surface area contributed by atoms with Gasteiger partial charge in [0.25, 0.3) is 5.91 Å². The minimum atomic E-state index is -0.225. The number of hydrogen-bond acceptors (Lipinski definition) is 5. The van der Waals surface area contributed by atoms with Gasteiger partial charge in [-0.1, -0.05) is 11.6 Å². The highest BCUT2D eigenvalue weighted by Gasteiger charge is 2.25. The molecule has 0 saturated carbocycles. The molecule has 0 radical (unpaired) electrons. The van der Waals surface area contributed by atoms with Crippen LogP contribution in [0.15, 0.2) is 30.6 Å². The van der Waals surface area contributed by atoms with Crippen molar-refractivity contribution in [3.05, 3.63) is 41.7 Å². The van der Waals surface area contributed by atoms with Crippen LogP contribution in [0.1, 0.15) is 36.2 Å². The molecule has 7 nitrogen and oxygen atoms in total. The van der Waals surface area contributed by atoms with E-state index in [-0.39, 0.29) is 17.7 Å². The molecule has 0 aliphatic carbocycles. The first-order valence-electron chi connectivity index (χ1n) is 7.92. The summed E-state index contributed by atoms with van der Waals surface area (Å²) in [5, 5.41) is 8.23. The number of benzene rings is 1. The topological polar surface area (TPSA) is 94.1 Å². The summed E-state index contributed by atoms with van der Waals surface area (Å²) in [5.41, 5.74) is 7.73. The van der Waals surface area contributed by atoms with Gasteiger partial charge in [-0.05, 0) is 32.9 Å². The molecule has 2 aromatic rings. The molecule has 1 atom stereocenters. The summed E-state index contributed by atoms with van der Waals surface area (Å²) in [6.45, 7) is 6.01. The van der Waals surface area contributed by atoms with Crippen molar-refractivity contribution >= 4 is 11.7 Å². The van der Waals surface area contributed by atoms with Gasteiger partial charge >= 0.3 is 0 Å². The SMILES string of the molecule is CC(=O)CC(C)N(CCN)C(=O)c1cc(C)ccc1-n1nccn1. The zero-order valence-corrected chi connectivity index (χ0v) is 14.3. The number of amides is 1. The molecule has 1 heterocycles. The van der Waals surface area contributed by atoms with Crippen LogP contribution in [0.25, 0.3) is 5.69 Å². The molecular formula is C17H23N5O2. The summed E-state index contributed by atoms with van der Waals surface area (Å²) in [6, 6.07) is 5.31. The molecule has 2 N–H and O–H groups in total. The maximum Gasteiger partial charge on any atom is 0.256 e. The molecule has 0 fully saturated rings. The Hall–Kier alpha value is -2.54. The van der Waals surface area contributed by atoms with E-state index in [1.807, 2.05) is 32.0 Å². The molecule has 1 unspecified atom stereocenters. The van der Waals surface area contributed by atoms with Crippen molar-refractivity contribution in [2.24, 2.45) is 5.73 Å². The number of carbonyl (C=O) groups excluding carboxylic acids is 2. The van der Waals surface area contributed by atoms with Crippen LogP contribution in [0.3, 0.4) is 0 Å². The van der Waals surface area contributed by atoms with Crippen LogP contribution in [0.4, 0.5) is 0 Å². The summed E-state index contributed by atoms with van der Waals surface area (Å²) in [4.78, 5) is 27.6. The first kappa shape index (κ1) is 17.8. The molecule has 0 bridgehead atoms. The van der Waals surface area contributed by atoms with E-state index in [2.05, 4.69) is 10.2 Å². The fourth-order valence-corrected chi connectivity index (χ4v) is 2.68. The third kappa shape index (κ3) is 4.05. The molecule has 2 rings (SSSR count). The van der Waals surface area contributed by atoms with Crippen molar-refractivity contribution in [1.82, 2.24) is 19.9 Å². The van der Waals surface area contributed by atoms with Crippen LogP contribution < -0.4 is 5.73 Å². The van der Waals surface area contributed by atoms with Crippen molar-refractivity contribution in [2.75, 3.05) is 13.1 Å². The molecule has 128 valence electrons. The Morgan fingerprint density at radius 2 is 1.96 bits per heavy atom. The summed E-state index contributed by atoms with van der Waals surface area (Å²) in [6.07, 6.45) is 3.42. The lowest BCUT2D eigenvalue weighted by atomic mass is 10.1. The fraction of sp³-hybridized carbons (Fsp3) is 0.412. The number of hydrogen-bond donors (Lipinski definition) is 1. The van der Waals surface area contributed by atoms with Crippen LogP contribution >= 0.6 is 0 Å². The van der Waals surface area contributed by atoms with Gasteiger partial charge in [-0.2, -0.15) is 15.0 Å². The molecular weight excluding hydrogens is 306 g/mol. The first-order chi connectivity index (χ1) is 11.4. The fourth-order valence-electron chi connectivity index (χ4n) is 2.68.